The molecule has 0 spiro atoms. The molecule has 2 aromatic rings. The molecule has 1 aromatic heterocycles. The molecule has 0 aliphatic carbocycles. The highest BCUT2D eigenvalue weighted by atomic mass is 79.9. The summed E-state index contributed by atoms with van der Waals surface area (Å²) < 4.78 is 5.49. The van der Waals surface area contributed by atoms with E-state index in [9.17, 15) is 9.90 Å². The standard InChI is InChI=1S/C10H6BrNO4/c11-8-2-1-5(13)3-6(8)9-7(10(14)15)4-12-16-9/h1-4,13H,(H,14,15). The van der Waals surface area contributed by atoms with Gasteiger partial charge < -0.3 is 14.7 Å². The van der Waals surface area contributed by atoms with Crippen LogP contribution in [-0.4, -0.2) is 21.3 Å². The Balaban J connectivity index is 2.62. The van der Waals surface area contributed by atoms with Crippen molar-refractivity contribution in [3.05, 3.63) is 34.4 Å². The number of carbonyl (C=O) groups is 1. The maximum Gasteiger partial charge on any atom is 0.341 e. The summed E-state index contributed by atoms with van der Waals surface area (Å²) in [6.45, 7) is 0. The number of hydrogen-bond donors (Lipinski definition) is 2. The number of halogens is 1. The summed E-state index contributed by atoms with van der Waals surface area (Å²) >= 11 is 3.24. The molecular weight excluding hydrogens is 278 g/mol. The fourth-order valence-corrected chi connectivity index (χ4v) is 1.70. The third-order valence-electron chi connectivity index (χ3n) is 2.00. The van der Waals surface area contributed by atoms with Gasteiger partial charge in [0.15, 0.2) is 5.76 Å². The van der Waals surface area contributed by atoms with Crippen LogP contribution in [0.4, 0.5) is 0 Å². The van der Waals surface area contributed by atoms with Gasteiger partial charge in [-0.25, -0.2) is 4.79 Å². The van der Waals surface area contributed by atoms with Crippen LogP contribution in [0.25, 0.3) is 11.3 Å². The van der Waals surface area contributed by atoms with Gasteiger partial charge in [0, 0.05) is 10.0 Å². The van der Waals surface area contributed by atoms with Gasteiger partial charge in [-0.1, -0.05) is 21.1 Å². The Morgan fingerprint density at radius 2 is 2.19 bits per heavy atom. The zero-order valence-electron chi connectivity index (χ0n) is 7.85. The summed E-state index contributed by atoms with van der Waals surface area (Å²) in [5.41, 5.74) is 0.390. The highest BCUT2D eigenvalue weighted by molar-refractivity contribution is 9.10. The van der Waals surface area contributed by atoms with Crippen LogP contribution in [0.2, 0.25) is 0 Å². The van der Waals surface area contributed by atoms with Crippen molar-refractivity contribution in [2.75, 3.05) is 0 Å². The second-order valence-corrected chi connectivity index (χ2v) is 3.89. The van der Waals surface area contributed by atoms with E-state index in [1.165, 1.54) is 12.1 Å². The molecule has 0 radical (unpaired) electrons. The lowest BCUT2D eigenvalue weighted by atomic mass is 10.1. The Bertz CT molecular complexity index is 550. The lowest BCUT2D eigenvalue weighted by Gasteiger charge is -2.02. The van der Waals surface area contributed by atoms with Crippen LogP contribution in [-0.2, 0) is 0 Å². The maximum atomic E-state index is 10.9. The van der Waals surface area contributed by atoms with Gasteiger partial charge in [-0.3, -0.25) is 0 Å². The second kappa shape index (κ2) is 3.97. The SMILES string of the molecule is O=C(O)c1cnoc1-c1cc(O)ccc1Br. The molecule has 6 heteroatoms. The average molecular weight is 284 g/mol. The maximum absolute atomic E-state index is 10.9. The molecule has 0 aliphatic heterocycles. The number of phenolic OH excluding ortho intramolecular Hbond substituents is 1. The molecule has 2 N–H and O–H groups in total. The number of aromatic carboxylic acids is 1. The lowest BCUT2D eigenvalue weighted by molar-refractivity contribution is 0.0697. The molecule has 0 saturated heterocycles. The molecule has 0 unspecified atom stereocenters. The Hall–Kier alpha value is -1.82. The zero-order chi connectivity index (χ0) is 11.7. The van der Waals surface area contributed by atoms with Gasteiger partial charge >= 0.3 is 5.97 Å². The van der Waals surface area contributed by atoms with Gasteiger partial charge in [0.05, 0.1) is 6.20 Å². The summed E-state index contributed by atoms with van der Waals surface area (Å²) in [7, 11) is 0. The van der Waals surface area contributed by atoms with E-state index in [4.69, 9.17) is 9.63 Å². The lowest BCUT2D eigenvalue weighted by Crippen LogP contribution is -1.96. The summed E-state index contributed by atoms with van der Waals surface area (Å²) in [5, 5.41) is 21.7. The first-order valence-electron chi connectivity index (χ1n) is 4.26. The fourth-order valence-electron chi connectivity index (χ4n) is 1.27. The summed E-state index contributed by atoms with van der Waals surface area (Å²) in [4.78, 5) is 10.9. The molecule has 0 amide bonds. The minimum Gasteiger partial charge on any atom is -0.508 e. The van der Waals surface area contributed by atoms with E-state index >= 15 is 0 Å². The number of phenols is 1. The molecule has 1 heterocycles. The summed E-state index contributed by atoms with van der Waals surface area (Å²) in [5.74, 6) is -1.01. The summed E-state index contributed by atoms with van der Waals surface area (Å²) in [6, 6.07) is 4.47. The van der Waals surface area contributed by atoms with Crippen LogP contribution in [0.5, 0.6) is 5.75 Å². The van der Waals surface area contributed by atoms with E-state index in [0.29, 0.717) is 10.0 Å². The van der Waals surface area contributed by atoms with Crippen molar-refractivity contribution in [2.24, 2.45) is 0 Å². The minimum atomic E-state index is -1.13. The van der Waals surface area contributed by atoms with E-state index in [0.717, 1.165) is 6.20 Å². The van der Waals surface area contributed by atoms with Crippen LogP contribution in [0.1, 0.15) is 10.4 Å². The van der Waals surface area contributed by atoms with Crippen molar-refractivity contribution in [3.8, 4) is 17.1 Å². The van der Waals surface area contributed by atoms with Gasteiger partial charge in [0.25, 0.3) is 0 Å². The van der Waals surface area contributed by atoms with Crippen molar-refractivity contribution in [3.63, 3.8) is 0 Å². The zero-order valence-corrected chi connectivity index (χ0v) is 9.43. The predicted molar refractivity (Wildman–Crippen MR) is 58.3 cm³/mol. The number of benzene rings is 1. The van der Waals surface area contributed by atoms with Gasteiger partial charge in [0.1, 0.15) is 11.3 Å². The highest BCUT2D eigenvalue weighted by Gasteiger charge is 2.19. The second-order valence-electron chi connectivity index (χ2n) is 3.04. The highest BCUT2D eigenvalue weighted by Crippen LogP contribution is 2.33. The van der Waals surface area contributed by atoms with E-state index in [1.54, 1.807) is 6.07 Å². The molecule has 0 aliphatic rings. The first kappa shape index (κ1) is 10.7. The molecule has 1 aromatic carbocycles. The first-order chi connectivity index (χ1) is 7.59. The molecular formula is C10H6BrNO4. The van der Waals surface area contributed by atoms with Crippen molar-refractivity contribution in [2.45, 2.75) is 0 Å². The fraction of sp³-hybridized carbons (Fsp3) is 0. The van der Waals surface area contributed by atoms with E-state index < -0.39 is 5.97 Å². The molecule has 5 nitrogen and oxygen atoms in total. The topological polar surface area (TPSA) is 83.6 Å². The molecule has 0 atom stereocenters. The molecule has 0 bridgehead atoms. The van der Waals surface area contributed by atoms with E-state index in [2.05, 4.69) is 21.1 Å². The average Bonchev–Trinajstić information content (AvgIpc) is 2.70. The van der Waals surface area contributed by atoms with Crippen molar-refractivity contribution >= 4 is 21.9 Å². The number of carboxylic acids is 1. The Labute approximate surface area is 98.4 Å². The summed E-state index contributed by atoms with van der Waals surface area (Å²) in [6.07, 6.45) is 1.12. The first-order valence-corrected chi connectivity index (χ1v) is 5.05. The van der Waals surface area contributed by atoms with Gasteiger partial charge in [-0.05, 0) is 18.2 Å². The molecule has 2 rings (SSSR count). The third kappa shape index (κ3) is 1.79. The van der Waals surface area contributed by atoms with Crippen LogP contribution in [0.15, 0.2) is 33.4 Å². The molecule has 0 fully saturated rings. The number of nitrogens with zero attached hydrogens (tertiary/aromatic N) is 1. The van der Waals surface area contributed by atoms with Crippen LogP contribution in [0.3, 0.4) is 0 Å². The van der Waals surface area contributed by atoms with E-state index in [-0.39, 0.29) is 17.1 Å². The van der Waals surface area contributed by atoms with E-state index in [1.807, 2.05) is 0 Å². The Kier molecular flexibility index (Phi) is 2.66. The smallest absolute Gasteiger partial charge is 0.341 e. The van der Waals surface area contributed by atoms with Gasteiger partial charge in [-0.15, -0.1) is 0 Å². The molecule has 0 saturated carbocycles. The van der Waals surface area contributed by atoms with Crippen LogP contribution >= 0.6 is 15.9 Å². The predicted octanol–water partition coefficient (Wildman–Crippen LogP) is 2.51. The number of rotatable bonds is 2. The number of aromatic hydroxyl groups is 1. The Morgan fingerprint density at radius 1 is 1.44 bits per heavy atom. The molecule has 16 heavy (non-hydrogen) atoms. The molecule has 82 valence electrons. The van der Waals surface area contributed by atoms with Gasteiger partial charge in [-0.2, -0.15) is 0 Å². The third-order valence-corrected chi connectivity index (χ3v) is 2.69. The minimum absolute atomic E-state index is 0.0194. The normalized spacial score (nSPS) is 10.3. The van der Waals surface area contributed by atoms with Crippen molar-refractivity contribution in [1.29, 1.82) is 0 Å². The number of carboxylic acid groups (broad SMARTS) is 1. The van der Waals surface area contributed by atoms with Crippen LogP contribution < -0.4 is 0 Å². The number of hydrogen-bond acceptors (Lipinski definition) is 4. The van der Waals surface area contributed by atoms with Crippen LogP contribution in [0, 0.1) is 0 Å². The van der Waals surface area contributed by atoms with Crippen molar-refractivity contribution < 1.29 is 19.5 Å². The van der Waals surface area contributed by atoms with Crippen molar-refractivity contribution in [1.82, 2.24) is 5.16 Å². The quantitative estimate of drug-likeness (QED) is 0.885. The monoisotopic (exact) mass is 283 g/mol. The largest absolute Gasteiger partial charge is 0.508 e. The van der Waals surface area contributed by atoms with Gasteiger partial charge in [0.2, 0.25) is 0 Å². The number of aromatic nitrogens is 1. The Morgan fingerprint density at radius 3 is 2.88 bits per heavy atom.